The highest BCUT2D eigenvalue weighted by atomic mass is 32.1. The first-order chi connectivity index (χ1) is 14.3. The van der Waals surface area contributed by atoms with Gasteiger partial charge >= 0.3 is 6.18 Å². The van der Waals surface area contributed by atoms with Crippen molar-refractivity contribution in [3.05, 3.63) is 82.9 Å². The van der Waals surface area contributed by atoms with Crippen LogP contribution in [0.5, 0.6) is 11.5 Å². The summed E-state index contributed by atoms with van der Waals surface area (Å²) in [6.07, 6.45) is -4.42. The Bertz CT molecular complexity index is 1220. The summed E-state index contributed by atoms with van der Waals surface area (Å²) in [5.41, 5.74) is 0.714. The average molecular weight is 428 g/mol. The van der Waals surface area contributed by atoms with Crippen LogP contribution >= 0.6 is 11.3 Å². The van der Waals surface area contributed by atoms with Gasteiger partial charge in [-0.05, 0) is 61.5 Å². The summed E-state index contributed by atoms with van der Waals surface area (Å²) in [6, 6.07) is 16.4. The van der Waals surface area contributed by atoms with E-state index >= 15 is 0 Å². The quantitative estimate of drug-likeness (QED) is 0.395. The molecule has 0 radical (unpaired) electrons. The number of alkyl halides is 3. The topological polar surface area (TPSA) is 51.2 Å². The Balaban J connectivity index is 1.48. The fourth-order valence-corrected chi connectivity index (χ4v) is 3.72. The third kappa shape index (κ3) is 4.44. The van der Waals surface area contributed by atoms with Crippen LogP contribution < -0.4 is 10.1 Å². The second-order valence-electron chi connectivity index (χ2n) is 6.52. The molecule has 1 aromatic heterocycles. The number of nitrogens with zero attached hydrogens (tertiary/aromatic N) is 1. The zero-order valence-electron chi connectivity index (χ0n) is 15.7. The fraction of sp³-hybridized carbons (Fsp3) is 0.0909. The summed E-state index contributed by atoms with van der Waals surface area (Å²) in [4.78, 5) is 16.9. The number of halogens is 3. The Morgan fingerprint density at radius 3 is 2.47 bits per heavy atom. The number of carbonyl (C=O) groups excluding carboxylic acids is 1. The van der Waals surface area contributed by atoms with Crippen LogP contribution in [0, 0.1) is 6.92 Å². The molecule has 1 N–H and O–H groups in total. The van der Waals surface area contributed by atoms with E-state index in [9.17, 15) is 18.0 Å². The van der Waals surface area contributed by atoms with E-state index in [1.54, 1.807) is 41.7 Å². The van der Waals surface area contributed by atoms with Crippen molar-refractivity contribution in [1.82, 2.24) is 4.98 Å². The summed E-state index contributed by atoms with van der Waals surface area (Å²) in [7, 11) is 0. The van der Waals surface area contributed by atoms with Crippen molar-refractivity contribution >= 4 is 33.1 Å². The smallest absolute Gasteiger partial charge is 0.416 e. The molecule has 4 nitrogen and oxygen atoms in total. The van der Waals surface area contributed by atoms with Crippen molar-refractivity contribution in [1.29, 1.82) is 0 Å². The second kappa shape index (κ2) is 7.79. The van der Waals surface area contributed by atoms with Crippen LogP contribution in [0.25, 0.3) is 10.2 Å². The molecular weight excluding hydrogens is 413 g/mol. The minimum atomic E-state index is -4.42. The molecule has 1 amide bonds. The van der Waals surface area contributed by atoms with Crippen LogP contribution in [-0.4, -0.2) is 10.9 Å². The maximum absolute atomic E-state index is 12.7. The molecule has 0 saturated carbocycles. The average Bonchev–Trinajstić information content (AvgIpc) is 3.07. The number of ether oxygens (including phenoxy) is 1. The molecule has 8 heteroatoms. The number of hydrogen-bond donors (Lipinski definition) is 1. The molecule has 3 aromatic carbocycles. The summed E-state index contributed by atoms with van der Waals surface area (Å²) in [6.45, 7) is 1.93. The van der Waals surface area contributed by atoms with Crippen molar-refractivity contribution in [2.24, 2.45) is 0 Å². The van der Waals surface area contributed by atoms with Gasteiger partial charge in [-0.1, -0.05) is 6.07 Å². The van der Waals surface area contributed by atoms with Gasteiger partial charge in [-0.25, -0.2) is 4.98 Å². The number of hydrogen-bond acceptors (Lipinski definition) is 4. The molecule has 0 unspecified atom stereocenters. The fourth-order valence-electron chi connectivity index (χ4n) is 2.87. The van der Waals surface area contributed by atoms with Crippen LogP contribution in [0.4, 0.5) is 18.9 Å². The normalized spacial score (nSPS) is 11.5. The van der Waals surface area contributed by atoms with Crippen molar-refractivity contribution in [2.75, 3.05) is 5.32 Å². The molecule has 0 aliphatic carbocycles. The minimum absolute atomic E-state index is 0.269. The molecule has 0 saturated heterocycles. The van der Waals surface area contributed by atoms with Crippen molar-refractivity contribution < 1.29 is 22.7 Å². The summed E-state index contributed by atoms with van der Waals surface area (Å²) < 4.78 is 44.8. The van der Waals surface area contributed by atoms with Gasteiger partial charge < -0.3 is 10.1 Å². The van der Waals surface area contributed by atoms with Gasteiger partial charge in [0.05, 0.1) is 20.8 Å². The molecular formula is C22H15F3N2O2S. The van der Waals surface area contributed by atoms with Gasteiger partial charge in [0.2, 0.25) is 0 Å². The van der Waals surface area contributed by atoms with Crippen LogP contribution in [-0.2, 0) is 6.18 Å². The summed E-state index contributed by atoms with van der Waals surface area (Å²) in [5.74, 6) is 0.635. The number of amides is 1. The molecule has 4 rings (SSSR count). The van der Waals surface area contributed by atoms with E-state index in [4.69, 9.17) is 4.74 Å². The first-order valence-corrected chi connectivity index (χ1v) is 9.73. The maximum atomic E-state index is 12.7. The van der Waals surface area contributed by atoms with Crippen molar-refractivity contribution in [3.8, 4) is 11.5 Å². The molecule has 4 aromatic rings. The number of aryl methyl sites for hydroxylation is 1. The van der Waals surface area contributed by atoms with Crippen molar-refractivity contribution in [3.63, 3.8) is 0 Å². The van der Waals surface area contributed by atoms with Gasteiger partial charge in [0.1, 0.15) is 11.5 Å². The van der Waals surface area contributed by atoms with E-state index in [0.717, 1.165) is 27.4 Å². The summed E-state index contributed by atoms with van der Waals surface area (Å²) >= 11 is 1.56. The lowest BCUT2D eigenvalue weighted by atomic mass is 10.1. The predicted octanol–water partition coefficient (Wildman–Crippen LogP) is 6.67. The zero-order valence-corrected chi connectivity index (χ0v) is 16.5. The van der Waals surface area contributed by atoms with Crippen LogP contribution in [0.2, 0.25) is 0 Å². The maximum Gasteiger partial charge on any atom is 0.416 e. The lowest BCUT2D eigenvalue weighted by Gasteiger charge is -2.10. The number of nitrogens with one attached hydrogen (secondary N) is 1. The Labute approximate surface area is 174 Å². The number of carbonyl (C=O) groups is 1. The molecule has 1 heterocycles. The minimum Gasteiger partial charge on any atom is -0.457 e. The number of thiazole rings is 1. The zero-order chi connectivity index (χ0) is 21.3. The highest BCUT2D eigenvalue weighted by molar-refractivity contribution is 7.18. The van der Waals surface area contributed by atoms with E-state index in [2.05, 4.69) is 10.3 Å². The second-order valence-corrected chi connectivity index (χ2v) is 7.76. The van der Waals surface area contributed by atoms with Gasteiger partial charge in [-0.3, -0.25) is 4.79 Å². The Morgan fingerprint density at radius 2 is 1.73 bits per heavy atom. The molecule has 0 aliphatic rings. The van der Waals surface area contributed by atoms with Crippen LogP contribution in [0.3, 0.4) is 0 Å². The SMILES string of the molecule is Cc1nc2ccc(Oc3cccc(C(=O)Nc4ccc(C(F)(F)F)cc4)c3)cc2s1. The highest BCUT2D eigenvalue weighted by Crippen LogP contribution is 2.31. The molecule has 0 fully saturated rings. The molecule has 152 valence electrons. The van der Waals surface area contributed by atoms with Crippen LogP contribution in [0.15, 0.2) is 66.7 Å². The van der Waals surface area contributed by atoms with Gasteiger partial charge in [0.25, 0.3) is 5.91 Å². The molecule has 0 bridgehead atoms. The molecule has 0 spiro atoms. The van der Waals surface area contributed by atoms with Gasteiger partial charge in [-0.15, -0.1) is 11.3 Å². The first kappa shape index (κ1) is 19.9. The largest absolute Gasteiger partial charge is 0.457 e. The van der Waals surface area contributed by atoms with Crippen molar-refractivity contribution in [2.45, 2.75) is 13.1 Å². The highest BCUT2D eigenvalue weighted by Gasteiger charge is 2.30. The number of anilines is 1. The third-order valence-electron chi connectivity index (χ3n) is 4.27. The van der Waals surface area contributed by atoms with Gasteiger partial charge in [-0.2, -0.15) is 13.2 Å². The predicted molar refractivity (Wildman–Crippen MR) is 110 cm³/mol. The standard InChI is InChI=1S/C22H15F3N2O2S/c1-13-26-19-10-9-18(12-20(19)30-13)29-17-4-2-3-14(11-17)21(28)27-16-7-5-15(6-8-16)22(23,24)25/h2-12H,1H3,(H,27,28). The summed E-state index contributed by atoms with van der Waals surface area (Å²) in [5, 5.41) is 3.55. The third-order valence-corrected chi connectivity index (χ3v) is 5.20. The van der Waals surface area contributed by atoms with E-state index in [-0.39, 0.29) is 5.69 Å². The molecule has 0 atom stereocenters. The van der Waals surface area contributed by atoms with E-state index < -0.39 is 17.6 Å². The van der Waals surface area contributed by atoms with E-state index in [0.29, 0.717) is 17.1 Å². The Morgan fingerprint density at radius 1 is 1.00 bits per heavy atom. The number of aromatic nitrogens is 1. The molecule has 30 heavy (non-hydrogen) atoms. The number of fused-ring (bicyclic) bond motifs is 1. The number of benzene rings is 3. The lowest BCUT2D eigenvalue weighted by molar-refractivity contribution is -0.137. The molecule has 0 aliphatic heterocycles. The first-order valence-electron chi connectivity index (χ1n) is 8.92. The monoisotopic (exact) mass is 428 g/mol. The van der Waals surface area contributed by atoms with Gasteiger partial charge in [0.15, 0.2) is 0 Å². The van der Waals surface area contributed by atoms with Crippen LogP contribution in [0.1, 0.15) is 20.9 Å². The Kier molecular flexibility index (Phi) is 5.17. The lowest BCUT2D eigenvalue weighted by Crippen LogP contribution is -2.12. The van der Waals surface area contributed by atoms with E-state index in [1.165, 1.54) is 12.1 Å². The Hall–Kier alpha value is -3.39. The van der Waals surface area contributed by atoms with Gasteiger partial charge in [0, 0.05) is 17.3 Å². The number of rotatable bonds is 4. The van der Waals surface area contributed by atoms with E-state index in [1.807, 2.05) is 19.1 Å².